The van der Waals surface area contributed by atoms with Gasteiger partial charge in [0.25, 0.3) is 0 Å². The summed E-state index contributed by atoms with van der Waals surface area (Å²) < 4.78 is 16.6. The summed E-state index contributed by atoms with van der Waals surface area (Å²) in [6.07, 6.45) is 1.17. The summed E-state index contributed by atoms with van der Waals surface area (Å²) in [5.74, 6) is -0.0280. The molecule has 3 rings (SSSR count). The third-order valence-corrected chi connectivity index (χ3v) is 4.78. The van der Waals surface area contributed by atoms with E-state index in [4.69, 9.17) is 25.5 Å². The van der Waals surface area contributed by atoms with E-state index in [9.17, 15) is 9.59 Å². The number of benzene rings is 2. The van der Waals surface area contributed by atoms with Crippen LogP contribution in [0.2, 0.25) is 5.02 Å². The zero-order chi connectivity index (χ0) is 20.3. The molecule has 1 aromatic heterocycles. The lowest BCUT2D eigenvalue weighted by atomic mass is 10.1. The van der Waals surface area contributed by atoms with Crippen LogP contribution in [0.25, 0.3) is 22.1 Å². The van der Waals surface area contributed by atoms with E-state index < -0.39 is 12.1 Å². The van der Waals surface area contributed by atoms with E-state index in [1.54, 1.807) is 43.3 Å². The van der Waals surface area contributed by atoms with E-state index in [1.165, 1.54) is 6.26 Å². The molecule has 0 saturated heterocycles. The third kappa shape index (κ3) is 4.20. The number of esters is 1. The summed E-state index contributed by atoms with van der Waals surface area (Å²) in [6, 6.07) is 11.9. The fraction of sp³-hybridized carbons (Fsp3) is 0.273. The minimum Gasteiger partial charge on any atom is -0.479 e. The first-order valence-corrected chi connectivity index (χ1v) is 9.46. The smallest absolute Gasteiger partial charge is 0.347 e. The molecule has 0 N–H and O–H groups in total. The van der Waals surface area contributed by atoms with Gasteiger partial charge in [-0.2, -0.15) is 0 Å². The summed E-state index contributed by atoms with van der Waals surface area (Å²) in [7, 11) is 0. The van der Waals surface area contributed by atoms with E-state index in [-0.39, 0.29) is 11.5 Å². The van der Waals surface area contributed by atoms with Gasteiger partial charge in [-0.3, -0.25) is 4.79 Å². The number of hydrogen-bond acceptors (Lipinski definition) is 5. The number of ether oxygens (including phenoxy) is 2. The van der Waals surface area contributed by atoms with Crippen LogP contribution in [0, 0.1) is 0 Å². The Labute approximate surface area is 167 Å². The molecule has 3 aromatic rings. The lowest BCUT2D eigenvalue weighted by Gasteiger charge is -2.17. The number of rotatable bonds is 6. The molecule has 0 aliphatic heterocycles. The molecule has 5 nitrogen and oxygen atoms in total. The van der Waals surface area contributed by atoms with Crippen molar-refractivity contribution in [1.82, 2.24) is 0 Å². The van der Waals surface area contributed by atoms with E-state index in [0.717, 1.165) is 6.42 Å². The summed E-state index contributed by atoms with van der Waals surface area (Å²) in [5, 5.41) is 0.877. The quantitative estimate of drug-likeness (QED) is 0.530. The predicted molar refractivity (Wildman–Crippen MR) is 109 cm³/mol. The monoisotopic (exact) mass is 400 g/mol. The van der Waals surface area contributed by atoms with Crippen molar-refractivity contribution in [3.63, 3.8) is 0 Å². The molecule has 146 valence electrons. The minimum absolute atomic E-state index is 0.170. The number of carbonyl (C=O) groups excluding carboxylic acids is 1. The lowest BCUT2D eigenvalue weighted by Crippen LogP contribution is -2.29. The Kier molecular flexibility index (Phi) is 6.05. The van der Waals surface area contributed by atoms with E-state index in [0.29, 0.717) is 32.9 Å². The van der Waals surface area contributed by atoms with Crippen LogP contribution in [0.3, 0.4) is 0 Å². The van der Waals surface area contributed by atoms with Crippen LogP contribution in [-0.4, -0.2) is 18.2 Å². The largest absolute Gasteiger partial charge is 0.479 e. The zero-order valence-corrected chi connectivity index (χ0v) is 16.7. The Balaban J connectivity index is 1.87. The van der Waals surface area contributed by atoms with E-state index in [1.807, 2.05) is 19.9 Å². The molecule has 1 heterocycles. The molecule has 0 bridgehead atoms. The molecule has 0 fully saturated rings. The number of hydrogen-bond donors (Lipinski definition) is 0. The molecule has 6 heteroatoms. The van der Waals surface area contributed by atoms with Crippen LogP contribution in [0.4, 0.5) is 0 Å². The van der Waals surface area contributed by atoms with Crippen molar-refractivity contribution in [3.8, 4) is 16.9 Å². The summed E-state index contributed by atoms with van der Waals surface area (Å²) in [4.78, 5) is 24.9. The van der Waals surface area contributed by atoms with Gasteiger partial charge in [0, 0.05) is 16.7 Å². The average Bonchev–Trinajstić information content (AvgIpc) is 2.69. The maximum absolute atomic E-state index is 12.8. The third-order valence-electron chi connectivity index (χ3n) is 4.45. The highest BCUT2D eigenvalue weighted by atomic mass is 35.5. The van der Waals surface area contributed by atoms with Gasteiger partial charge in [-0.05, 0) is 38.5 Å². The topological polar surface area (TPSA) is 65.7 Å². The maximum atomic E-state index is 12.8. The Bertz CT molecular complexity index is 1060. The van der Waals surface area contributed by atoms with Gasteiger partial charge in [0.2, 0.25) is 5.43 Å². The van der Waals surface area contributed by atoms with Crippen molar-refractivity contribution >= 4 is 28.5 Å². The van der Waals surface area contributed by atoms with Crippen LogP contribution >= 0.6 is 11.6 Å². The minimum atomic E-state index is -0.777. The fourth-order valence-corrected chi connectivity index (χ4v) is 2.91. The van der Waals surface area contributed by atoms with Crippen molar-refractivity contribution in [1.29, 1.82) is 0 Å². The molecule has 2 aromatic carbocycles. The Morgan fingerprint density at radius 1 is 1.14 bits per heavy atom. The van der Waals surface area contributed by atoms with Crippen LogP contribution in [0.5, 0.6) is 5.75 Å². The zero-order valence-electron chi connectivity index (χ0n) is 15.9. The van der Waals surface area contributed by atoms with Gasteiger partial charge in [-0.25, -0.2) is 4.79 Å². The molecule has 0 aliphatic rings. The first-order valence-electron chi connectivity index (χ1n) is 9.08. The molecule has 28 heavy (non-hydrogen) atoms. The molecule has 0 saturated carbocycles. The summed E-state index contributed by atoms with van der Waals surface area (Å²) in [6.45, 7) is 5.38. The SMILES string of the molecule is CC[C@@H](C)OC(=O)[C@@H](C)Oc1ccc2c(=O)c(-c3ccccc3Cl)coc2c1. The van der Waals surface area contributed by atoms with Gasteiger partial charge >= 0.3 is 5.97 Å². The van der Waals surface area contributed by atoms with Crippen molar-refractivity contribution in [2.24, 2.45) is 0 Å². The number of carbonyl (C=O) groups is 1. The molecule has 0 spiro atoms. The predicted octanol–water partition coefficient (Wildman–Crippen LogP) is 5.22. The number of fused-ring (bicyclic) bond motifs is 1. The average molecular weight is 401 g/mol. The van der Waals surface area contributed by atoms with Gasteiger partial charge in [-0.15, -0.1) is 0 Å². The second-order valence-corrected chi connectivity index (χ2v) is 6.94. The van der Waals surface area contributed by atoms with Crippen molar-refractivity contribution in [2.45, 2.75) is 39.4 Å². The molecule has 0 aliphatic carbocycles. The standard InChI is InChI=1S/C22H21ClO5/c1-4-13(2)27-22(25)14(3)28-15-9-10-17-20(11-15)26-12-18(21(17)24)16-7-5-6-8-19(16)23/h5-14H,4H2,1-3H3/t13-,14-/m1/s1. The highest BCUT2D eigenvalue weighted by Crippen LogP contribution is 2.28. The summed E-state index contributed by atoms with van der Waals surface area (Å²) in [5.41, 5.74) is 1.17. The van der Waals surface area contributed by atoms with Crippen molar-refractivity contribution in [2.75, 3.05) is 0 Å². The summed E-state index contributed by atoms with van der Waals surface area (Å²) >= 11 is 6.20. The van der Waals surface area contributed by atoms with Crippen molar-refractivity contribution in [3.05, 3.63) is 64.0 Å². The van der Waals surface area contributed by atoms with Gasteiger partial charge < -0.3 is 13.9 Å². The molecular weight excluding hydrogens is 380 g/mol. The highest BCUT2D eigenvalue weighted by molar-refractivity contribution is 6.33. The Morgan fingerprint density at radius 2 is 1.89 bits per heavy atom. The van der Waals surface area contributed by atoms with Crippen LogP contribution in [0.1, 0.15) is 27.2 Å². The van der Waals surface area contributed by atoms with Gasteiger partial charge in [0.1, 0.15) is 17.6 Å². The molecule has 0 unspecified atom stereocenters. The maximum Gasteiger partial charge on any atom is 0.347 e. The fourth-order valence-electron chi connectivity index (χ4n) is 2.68. The van der Waals surface area contributed by atoms with Crippen LogP contribution < -0.4 is 10.2 Å². The second kappa shape index (κ2) is 8.48. The molecular formula is C22H21ClO5. The van der Waals surface area contributed by atoms with Crippen LogP contribution in [-0.2, 0) is 9.53 Å². The van der Waals surface area contributed by atoms with Gasteiger partial charge in [-0.1, -0.05) is 36.7 Å². The Morgan fingerprint density at radius 3 is 2.61 bits per heavy atom. The first kappa shape index (κ1) is 20.0. The highest BCUT2D eigenvalue weighted by Gasteiger charge is 2.19. The number of halogens is 1. The Hall–Kier alpha value is -2.79. The normalized spacial score (nSPS) is 13.1. The molecule has 0 radical (unpaired) electrons. The molecule has 2 atom stereocenters. The van der Waals surface area contributed by atoms with Crippen molar-refractivity contribution < 1.29 is 18.7 Å². The van der Waals surface area contributed by atoms with Crippen LogP contribution in [0.15, 0.2) is 57.9 Å². The first-order chi connectivity index (χ1) is 13.4. The second-order valence-electron chi connectivity index (χ2n) is 6.53. The van der Waals surface area contributed by atoms with Gasteiger partial charge in [0.05, 0.1) is 17.1 Å². The van der Waals surface area contributed by atoms with Gasteiger partial charge in [0.15, 0.2) is 6.10 Å². The lowest BCUT2D eigenvalue weighted by molar-refractivity contribution is -0.155. The molecule has 0 amide bonds. The van der Waals surface area contributed by atoms with E-state index >= 15 is 0 Å². The van der Waals surface area contributed by atoms with E-state index in [2.05, 4.69) is 0 Å².